The molecule has 8 nitrogen and oxygen atoms in total. The Morgan fingerprint density at radius 1 is 1.28 bits per heavy atom. The minimum absolute atomic E-state index is 0.247. The summed E-state index contributed by atoms with van der Waals surface area (Å²) >= 11 is 1.34. The number of aryl methyl sites for hydroxylation is 1. The Labute approximate surface area is 148 Å². The lowest BCUT2D eigenvalue weighted by Gasteiger charge is -2.23. The molecule has 0 unspecified atom stereocenters. The Balaban J connectivity index is 1.87. The Kier molecular flexibility index (Phi) is 4.98. The summed E-state index contributed by atoms with van der Waals surface area (Å²) < 4.78 is 23.4. The van der Waals surface area contributed by atoms with E-state index >= 15 is 0 Å². The van der Waals surface area contributed by atoms with Gasteiger partial charge < -0.3 is 14.5 Å². The van der Waals surface area contributed by atoms with Crippen LogP contribution in [0.5, 0.6) is 5.75 Å². The van der Waals surface area contributed by atoms with E-state index in [-0.39, 0.29) is 11.4 Å². The number of hydrogen-bond acceptors (Lipinski definition) is 8. The van der Waals surface area contributed by atoms with E-state index in [1.807, 2.05) is 11.8 Å². The van der Waals surface area contributed by atoms with Gasteiger partial charge in [-0.25, -0.2) is 4.98 Å². The van der Waals surface area contributed by atoms with E-state index in [9.17, 15) is 14.5 Å². The van der Waals surface area contributed by atoms with Gasteiger partial charge in [-0.1, -0.05) is 0 Å². The molecule has 0 aliphatic carbocycles. The molecule has 0 amide bonds. The zero-order valence-electron chi connectivity index (χ0n) is 13.9. The van der Waals surface area contributed by atoms with Crippen molar-refractivity contribution < 1.29 is 14.1 Å². The molecule has 0 bridgehead atoms. The van der Waals surface area contributed by atoms with Crippen LogP contribution in [-0.4, -0.2) is 47.6 Å². The first-order valence-corrected chi connectivity index (χ1v) is 8.59. The highest BCUT2D eigenvalue weighted by Gasteiger charge is 2.28. The number of nitro groups is 1. The van der Waals surface area contributed by atoms with Crippen molar-refractivity contribution in [2.75, 3.05) is 43.1 Å². The summed E-state index contributed by atoms with van der Waals surface area (Å²) in [5.74, 6) is 0.103. The fraction of sp³-hybridized carbons (Fsp3) is 0.467. The van der Waals surface area contributed by atoms with Crippen LogP contribution in [0.25, 0.3) is 0 Å². The van der Waals surface area contributed by atoms with Crippen LogP contribution < -0.4 is 14.5 Å². The van der Waals surface area contributed by atoms with Gasteiger partial charge in [-0.15, -0.1) is 0 Å². The maximum Gasteiger partial charge on any atom is 0.328 e. The van der Waals surface area contributed by atoms with Crippen LogP contribution in [0.2, 0.25) is 0 Å². The van der Waals surface area contributed by atoms with Crippen molar-refractivity contribution in [2.24, 2.45) is 0 Å². The Bertz CT molecular complexity index is 785. The van der Waals surface area contributed by atoms with Crippen molar-refractivity contribution in [3.05, 3.63) is 33.9 Å². The Hall–Kier alpha value is -2.49. The van der Waals surface area contributed by atoms with Gasteiger partial charge in [0, 0.05) is 49.8 Å². The number of methoxy groups -OCH3 is 1. The highest BCUT2D eigenvalue weighted by molar-refractivity contribution is 7.09. The van der Waals surface area contributed by atoms with E-state index < -0.39 is 16.4 Å². The molecule has 0 saturated carbocycles. The molecule has 0 radical (unpaired) electrons. The largest absolute Gasteiger partial charge is 0.497 e. The first kappa shape index (κ1) is 17.3. The molecule has 25 heavy (non-hydrogen) atoms. The van der Waals surface area contributed by atoms with Crippen molar-refractivity contribution in [1.82, 2.24) is 9.36 Å². The number of nitro benzene ring substituents is 1. The number of nitrogens with zero attached hydrogens (tertiary/aromatic N) is 5. The van der Waals surface area contributed by atoms with E-state index in [1.54, 1.807) is 0 Å². The van der Waals surface area contributed by atoms with Crippen molar-refractivity contribution in [1.29, 1.82) is 0 Å². The third-order valence-electron chi connectivity index (χ3n) is 4.06. The molecule has 134 valence electrons. The number of benzene rings is 1. The summed E-state index contributed by atoms with van der Waals surface area (Å²) in [6, 6.07) is 2.56. The maximum atomic E-state index is 14.2. The predicted octanol–water partition coefficient (Wildman–Crippen LogP) is 2.62. The van der Waals surface area contributed by atoms with Gasteiger partial charge in [-0.05, 0) is 13.3 Å². The van der Waals surface area contributed by atoms with Gasteiger partial charge in [0.2, 0.25) is 10.9 Å². The third-order valence-corrected chi connectivity index (χ3v) is 4.93. The molecule has 1 aromatic heterocycles. The second kappa shape index (κ2) is 7.18. The number of anilines is 2. The molecule has 0 atom stereocenters. The van der Waals surface area contributed by atoms with Gasteiger partial charge in [0.05, 0.1) is 12.0 Å². The second-order valence-electron chi connectivity index (χ2n) is 5.69. The molecular formula is C15H18FN5O3S. The number of ether oxygens (including phenoxy) is 1. The lowest BCUT2D eigenvalue weighted by atomic mass is 10.2. The second-order valence-corrected chi connectivity index (χ2v) is 6.42. The topological polar surface area (TPSA) is 84.6 Å². The van der Waals surface area contributed by atoms with Gasteiger partial charge >= 0.3 is 5.69 Å². The van der Waals surface area contributed by atoms with Crippen molar-refractivity contribution in [3.63, 3.8) is 0 Å². The first-order valence-electron chi connectivity index (χ1n) is 7.81. The molecular weight excluding hydrogens is 349 g/mol. The van der Waals surface area contributed by atoms with Crippen molar-refractivity contribution >= 4 is 28.0 Å². The van der Waals surface area contributed by atoms with Crippen LogP contribution in [-0.2, 0) is 0 Å². The SMILES string of the molecule is COc1cc(F)c([N+](=O)[O-])c(N2CCCN(c3nc(C)ns3)CC2)c1. The number of rotatable bonds is 4. The number of hydrogen-bond donors (Lipinski definition) is 0. The molecule has 10 heteroatoms. The highest BCUT2D eigenvalue weighted by atomic mass is 32.1. The highest BCUT2D eigenvalue weighted by Crippen LogP contribution is 2.36. The fourth-order valence-corrected chi connectivity index (χ4v) is 3.59. The van der Waals surface area contributed by atoms with E-state index in [0.717, 1.165) is 30.0 Å². The quantitative estimate of drug-likeness (QED) is 0.606. The standard InChI is InChI=1S/C15H18FN5O3S/c1-10-17-15(25-18-10)20-5-3-4-19(6-7-20)13-9-11(24-2)8-12(16)14(13)21(22)23/h8-9H,3-7H2,1-2H3. The van der Waals surface area contributed by atoms with E-state index in [1.165, 1.54) is 24.7 Å². The van der Waals surface area contributed by atoms with Crippen LogP contribution in [0.15, 0.2) is 12.1 Å². The first-order chi connectivity index (χ1) is 12.0. The fourth-order valence-electron chi connectivity index (χ4n) is 2.86. The normalized spacial score (nSPS) is 15.2. The Morgan fingerprint density at radius 2 is 2.00 bits per heavy atom. The summed E-state index contributed by atoms with van der Waals surface area (Å²) in [5.41, 5.74) is -0.266. The van der Waals surface area contributed by atoms with Gasteiger partial charge in [-0.3, -0.25) is 10.1 Å². The molecule has 1 saturated heterocycles. The van der Waals surface area contributed by atoms with E-state index in [0.29, 0.717) is 19.6 Å². The molecule has 0 N–H and O–H groups in total. The average molecular weight is 367 g/mol. The summed E-state index contributed by atoms with van der Waals surface area (Å²) in [6.07, 6.45) is 0.772. The van der Waals surface area contributed by atoms with Crippen molar-refractivity contribution in [2.45, 2.75) is 13.3 Å². The molecule has 3 rings (SSSR count). The zero-order chi connectivity index (χ0) is 18.0. The summed E-state index contributed by atoms with van der Waals surface area (Å²) in [5, 5.41) is 12.2. The monoisotopic (exact) mass is 367 g/mol. The maximum absolute atomic E-state index is 14.2. The van der Waals surface area contributed by atoms with Gasteiger partial charge in [-0.2, -0.15) is 8.76 Å². The molecule has 2 heterocycles. The average Bonchev–Trinajstić information content (AvgIpc) is 2.86. The van der Waals surface area contributed by atoms with Gasteiger partial charge in [0.25, 0.3) is 0 Å². The van der Waals surface area contributed by atoms with Crippen LogP contribution >= 0.6 is 11.5 Å². The minimum Gasteiger partial charge on any atom is -0.497 e. The van der Waals surface area contributed by atoms with E-state index in [2.05, 4.69) is 14.3 Å². The van der Waals surface area contributed by atoms with Gasteiger partial charge in [0.1, 0.15) is 17.3 Å². The number of aromatic nitrogens is 2. The van der Waals surface area contributed by atoms with Gasteiger partial charge in [0.15, 0.2) is 0 Å². The van der Waals surface area contributed by atoms with Crippen LogP contribution in [0.4, 0.5) is 20.9 Å². The lowest BCUT2D eigenvalue weighted by Crippen LogP contribution is -2.31. The Morgan fingerprint density at radius 3 is 2.64 bits per heavy atom. The number of halogens is 1. The van der Waals surface area contributed by atoms with Crippen molar-refractivity contribution in [3.8, 4) is 5.75 Å². The predicted molar refractivity (Wildman–Crippen MR) is 93.3 cm³/mol. The van der Waals surface area contributed by atoms with Crippen LogP contribution in [0.3, 0.4) is 0 Å². The zero-order valence-corrected chi connectivity index (χ0v) is 14.8. The van der Waals surface area contributed by atoms with Crippen LogP contribution in [0.1, 0.15) is 12.2 Å². The molecule has 2 aromatic rings. The third kappa shape index (κ3) is 3.63. The summed E-state index contributed by atoms with van der Waals surface area (Å²) in [6.45, 7) is 4.34. The van der Waals surface area contributed by atoms with Crippen LogP contribution in [0, 0.1) is 22.9 Å². The lowest BCUT2D eigenvalue weighted by molar-refractivity contribution is -0.386. The molecule has 0 spiro atoms. The summed E-state index contributed by atoms with van der Waals surface area (Å²) in [7, 11) is 1.41. The molecule has 1 aliphatic rings. The summed E-state index contributed by atoms with van der Waals surface area (Å²) in [4.78, 5) is 19.0. The molecule has 1 fully saturated rings. The minimum atomic E-state index is -0.889. The van der Waals surface area contributed by atoms with E-state index in [4.69, 9.17) is 4.74 Å². The smallest absolute Gasteiger partial charge is 0.328 e. The molecule has 1 aliphatic heterocycles. The molecule has 1 aromatic carbocycles.